The second-order valence-electron chi connectivity index (χ2n) is 8.68. The van der Waals surface area contributed by atoms with E-state index in [4.69, 9.17) is 0 Å². The van der Waals surface area contributed by atoms with Gasteiger partial charge in [-0.05, 0) is 48.7 Å². The molecule has 0 aliphatic carbocycles. The van der Waals surface area contributed by atoms with Crippen LogP contribution in [0.3, 0.4) is 0 Å². The summed E-state index contributed by atoms with van der Waals surface area (Å²) in [5.74, 6) is 0.0762. The Morgan fingerprint density at radius 2 is 1.71 bits per heavy atom. The van der Waals surface area contributed by atoms with E-state index in [1.165, 1.54) is 24.3 Å². The summed E-state index contributed by atoms with van der Waals surface area (Å²) < 4.78 is 29.8. The van der Waals surface area contributed by atoms with E-state index >= 15 is 0 Å². The Hall–Kier alpha value is -3.90. The quantitative estimate of drug-likeness (QED) is 0.625. The number of rotatable bonds is 4. The van der Waals surface area contributed by atoms with Gasteiger partial charge in [0.1, 0.15) is 16.7 Å². The van der Waals surface area contributed by atoms with Crippen molar-refractivity contribution in [2.45, 2.75) is 23.8 Å². The number of carbonyl (C=O) groups is 1. The average Bonchev–Trinajstić information content (AvgIpc) is 2.86. The Labute approximate surface area is 197 Å². The summed E-state index contributed by atoms with van der Waals surface area (Å²) in [6, 6.07) is 20.1. The topological polar surface area (TPSA) is 112 Å². The number of nitrogens with zero attached hydrogens (tertiary/aromatic N) is 3. The van der Waals surface area contributed by atoms with Crippen LogP contribution in [-0.4, -0.2) is 36.9 Å². The molecule has 34 heavy (non-hydrogen) atoms. The highest BCUT2D eigenvalue weighted by Gasteiger charge is 2.37. The van der Waals surface area contributed by atoms with E-state index in [-0.39, 0.29) is 33.9 Å². The zero-order valence-corrected chi connectivity index (χ0v) is 19.0. The maximum absolute atomic E-state index is 13.2. The van der Waals surface area contributed by atoms with Crippen LogP contribution in [0.1, 0.15) is 34.0 Å². The number of aromatic nitrogens is 1. The minimum atomic E-state index is -4.11. The SMILES string of the molecule is N#Cc1ccccc1S(=O)(=O)Nc1ccc2n(c1=O)C[C@@H]1C[C@@H]2CN(C(=O)c2ccccc2)C1. The highest BCUT2D eigenvalue weighted by molar-refractivity contribution is 7.92. The zero-order valence-electron chi connectivity index (χ0n) is 18.2. The molecule has 1 fully saturated rings. The Morgan fingerprint density at radius 1 is 0.971 bits per heavy atom. The van der Waals surface area contributed by atoms with E-state index in [2.05, 4.69) is 4.72 Å². The van der Waals surface area contributed by atoms with Crippen LogP contribution in [-0.2, 0) is 16.6 Å². The summed E-state index contributed by atoms with van der Waals surface area (Å²) in [5.41, 5.74) is 0.960. The number of sulfonamides is 1. The molecule has 1 amide bonds. The molecule has 9 heteroatoms. The van der Waals surface area contributed by atoms with E-state index in [0.717, 1.165) is 12.1 Å². The molecule has 2 aromatic carbocycles. The molecule has 1 N–H and O–H groups in total. The van der Waals surface area contributed by atoms with E-state index in [0.29, 0.717) is 25.2 Å². The number of anilines is 1. The monoisotopic (exact) mass is 474 g/mol. The summed E-state index contributed by atoms with van der Waals surface area (Å²) in [7, 11) is -4.11. The van der Waals surface area contributed by atoms with Crippen molar-refractivity contribution >= 4 is 21.6 Å². The molecule has 0 saturated carbocycles. The van der Waals surface area contributed by atoms with Crippen molar-refractivity contribution in [2.75, 3.05) is 17.8 Å². The van der Waals surface area contributed by atoms with Crippen molar-refractivity contribution in [3.8, 4) is 6.07 Å². The molecule has 3 aromatic rings. The van der Waals surface area contributed by atoms with Gasteiger partial charge in [0.15, 0.2) is 0 Å². The number of benzene rings is 2. The minimum Gasteiger partial charge on any atom is -0.338 e. The van der Waals surface area contributed by atoms with Crippen molar-refractivity contribution < 1.29 is 13.2 Å². The minimum absolute atomic E-state index is 0.00201. The van der Waals surface area contributed by atoms with Gasteiger partial charge in [-0.25, -0.2) is 8.42 Å². The molecule has 0 unspecified atom stereocenters. The predicted octanol–water partition coefficient (Wildman–Crippen LogP) is 2.78. The number of hydrogen-bond donors (Lipinski definition) is 1. The Kier molecular flexibility index (Phi) is 5.46. The van der Waals surface area contributed by atoms with Crippen LogP contribution in [0.25, 0.3) is 0 Å². The lowest BCUT2D eigenvalue weighted by Gasteiger charge is -2.43. The van der Waals surface area contributed by atoms with E-state index in [9.17, 15) is 23.3 Å². The standard InChI is InChI=1S/C25H22N4O4S/c26-13-19-8-4-5-9-23(19)34(32,33)27-21-10-11-22-20-12-17(15-29(22)25(21)31)14-28(16-20)24(30)18-6-2-1-3-7-18/h1-11,17,20,27H,12,14-16H2/t17-,20-/m1/s1. The second-order valence-corrected chi connectivity index (χ2v) is 10.3. The molecule has 2 atom stereocenters. The van der Waals surface area contributed by atoms with Crippen molar-refractivity contribution in [1.29, 1.82) is 5.26 Å². The summed E-state index contributed by atoms with van der Waals surface area (Å²) in [5, 5.41) is 9.25. The van der Waals surface area contributed by atoms with Crippen LogP contribution in [0.4, 0.5) is 5.69 Å². The van der Waals surface area contributed by atoms with Crippen molar-refractivity contribution in [3.63, 3.8) is 0 Å². The fourth-order valence-electron chi connectivity index (χ4n) is 4.95. The van der Waals surface area contributed by atoms with Gasteiger partial charge in [0.05, 0.1) is 5.56 Å². The summed E-state index contributed by atoms with van der Waals surface area (Å²) in [4.78, 5) is 27.9. The molecule has 0 radical (unpaired) electrons. The average molecular weight is 475 g/mol. The number of amides is 1. The number of hydrogen-bond acceptors (Lipinski definition) is 5. The number of carbonyl (C=O) groups excluding carboxylic acids is 1. The highest BCUT2D eigenvalue weighted by Crippen LogP contribution is 2.36. The molecular formula is C25H22N4O4S. The van der Waals surface area contributed by atoms with Crippen LogP contribution in [0.15, 0.2) is 76.4 Å². The van der Waals surface area contributed by atoms with Crippen LogP contribution in [0.2, 0.25) is 0 Å². The van der Waals surface area contributed by atoms with Gasteiger partial charge in [-0.3, -0.25) is 14.3 Å². The Bertz CT molecular complexity index is 1470. The predicted molar refractivity (Wildman–Crippen MR) is 126 cm³/mol. The van der Waals surface area contributed by atoms with E-state index in [1.807, 2.05) is 29.2 Å². The number of nitriles is 1. The third-order valence-electron chi connectivity index (χ3n) is 6.45. The summed E-state index contributed by atoms with van der Waals surface area (Å²) >= 11 is 0. The smallest absolute Gasteiger partial charge is 0.275 e. The first kappa shape index (κ1) is 21.9. The van der Waals surface area contributed by atoms with Gasteiger partial charge < -0.3 is 9.47 Å². The largest absolute Gasteiger partial charge is 0.338 e. The van der Waals surface area contributed by atoms with Crippen LogP contribution in [0, 0.1) is 17.2 Å². The first-order valence-electron chi connectivity index (χ1n) is 11.0. The molecule has 8 nitrogen and oxygen atoms in total. The molecule has 0 spiro atoms. The number of pyridine rings is 1. The fraction of sp³-hybridized carbons (Fsp3) is 0.240. The molecule has 172 valence electrons. The third kappa shape index (κ3) is 3.86. The lowest BCUT2D eigenvalue weighted by molar-refractivity contribution is 0.0594. The van der Waals surface area contributed by atoms with Crippen LogP contribution in [0.5, 0.6) is 0 Å². The van der Waals surface area contributed by atoms with Crippen molar-refractivity contribution in [2.24, 2.45) is 5.92 Å². The van der Waals surface area contributed by atoms with Crippen molar-refractivity contribution in [1.82, 2.24) is 9.47 Å². The molecule has 1 saturated heterocycles. The number of piperidine rings is 1. The van der Waals surface area contributed by atoms with Crippen molar-refractivity contribution in [3.05, 3.63) is 93.9 Å². The van der Waals surface area contributed by atoms with Gasteiger partial charge in [-0.15, -0.1) is 0 Å². The first-order valence-corrected chi connectivity index (χ1v) is 12.5. The molecule has 1 aromatic heterocycles. The maximum Gasteiger partial charge on any atom is 0.275 e. The molecule has 3 heterocycles. The number of likely N-dealkylation sites (tertiary alicyclic amines) is 1. The third-order valence-corrected chi connectivity index (χ3v) is 7.88. The summed E-state index contributed by atoms with van der Waals surface area (Å²) in [6.45, 7) is 1.46. The lowest BCUT2D eigenvalue weighted by atomic mass is 9.83. The molecule has 2 aliphatic rings. The maximum atomic E-state index is 13.2. The van der Waals surface area contributed by atoms with E-state index in [1.54, 1.807) is 28.8 Å². The van der Waals surface area contributed by atoms with Gasteiger partial charge >= 0.3 is 0 Å². The molecular weight excluding hydrogens is 452 g/mol. The second kappa shape index (κ2) is 8.47. The summed E-state index contributed by atoms with van der Waals surface area (Å²) in [6.07, 6.45) is 0.874. The first-order chi connectivity index (χ1) is 16.4. The molecule has 5 rings (SSSR count). The number of nitrogens with one attached hydrogen (secondary N) is 1. The van der Waals surface area contributed by atoms with Gasteiger partial charge in [-0.2, -0.15) is 5.26 Å². The lowest BCUT2D eigenvalue weighted by Crippen LogP contribution is -2.49. The zero-order chi connectivity index (χ0) is 23.9. The molecule has 2 bridgehead atoms. The van der Waals surface area contributed by atoms with Crippen LogP contribution >= 0.6 is 0 Å². The molecule has 2 aliphatic heterocycles. The van der Waals surface area contributed by atoms with Gasteiger partial charge in [0.2, 0.25) is 0 Å². The Balaban J connectivity index is 1.43. The van der Waals surface area contributed by atoms with E-state index < -0.39 is 15.6 Å². The van der Waals surface area contributed by atoms with Gasteiger partial charge in [-0.1, -0.05) is 30.3 Å². The van der Waals surface area contributed by atoms with Gasteiger partial charge in [0, 0.05) is 36.8 Å². The van der Waals surface area contributed by atoms with Gasteiger partial charge in [0.25, 0.3) is 21.5 Å². The number of fused-ring (bicyclic) bond motifs is 4. The normalized spacial score (nSPS) is 19.1. The fourth-order valence-corrected chi connectivity index (χ4v) is 6.16. The Morgan fingerprint density at radius 3 is 2.47 bits per heavy atom. The highest BCUT2D eigenvalue weighted by atomic mass is 32.2. The van der Waals surface area contributed by atoms with Crippen LogP contribution < -0.4 is 10.3 Å².